The molecule has 0 unspecified atom stereocenters. The fourth-order valence-electron chi connectivity index (χ4n) is 1.23. The van der Waals surface area contributed by atoms with Crippen LogP contribution in [0.15, 0.2) is 0 Å². The molecule has 2 nitrogen and oxygen atoms in total. The summed E-state index contributed by atoms with van der Waals surface area (Å²) in [7, 11) is 0. The van der Waals surface area contributed by atoms with Gasteiger partial charge >= 0.3 is 0 Å². The Morgan fingerprint density at radius 1 is 1.33 bits per heavy atom. The Morgan fingerprint density at radius 2 is 2.08 bits per heavy atom. The second kappa shape index (κ2) is 9.01. The maximum absolute atomic E-state index is 5.39. The van der Waals surface area contributed by atoms with E-state index in [1.165, 1.54) is 19.3 Å². The van der Waals surface area contributed by atoms with Crippen molar-refractivity contribution in [2.45, 2.75) is 39.5 Å². The van der Waals surface area contributed by atoms with Gasteiger partial charge in [0.2, 0.25) is 0 Å². The number of unbranched alkanes of at least 4 members (excludes halogenated alkanes) is 1. The quantitative estimate of drug-likeness (QED) is 0.547. The highest BCUT2D eigenvalue weighted by atomic mass is 14.9. The van der Waals surface area contributed by atoms with Crippen LogP contribution in [0.2, 0.25) is 0 Å². The van der Waals surface area contributed by atoms with E-state index in [2.05, 4.69) is 19.2 Å². The monoisotopic (exact) mass is 172 g/mol. The lowest BCUT2D eigenvalue weighted by molar-refractivity contribution is 0.462. The lowest BCUT2D eigenvalue weighted by Crippen LogP contribution is -2.23. The third-order valence-electron chi connectivity index (χ3n) is 2.10. The summed E-state index contributed by atoms with van der Waals surface area (Å²) in [5.41, 5.74) is 5.39. The Labute approximate surface area is 76.9 Å². The summed E-state index contributed by atoms with van der Waals surface area (Å²) in [6, 6.07) is 0. The summed E-state index contributed by atoms with van der Waals surface area (Å²) in [5, 5.41) is 3.41. The molecular weight excluding hydrogens is 148 g/mol. The standard InChI is InChI=1S/C10H24N2/c1-3-4-6-10(2)9-12-8-5-7-11/h10,12H,3-9,11H2,1-2H3/t10-/m0/s1. The molecule has 3 N–H and O–H groups in total. The van der Waals surface area contributed by atoms with Gasteiger partial charge < -0.3 is 11.1 Å². The van der Waals surface area contributed by atoms with Crippen LogP contribution in [-0.2, 0) is 0 Å². The highest BCUT2D eigenvalue weighted by Gasteiger charge is 1.99. The van der Waals surface area contributed by atoms with Gasteiger partial charge in [-0.1, -0.05) is 26.7 Å². The normalized spacial score (nSPS) is 13.2. The molecular formula is C10H24N2. The first-order valence-electron chi connectivity index (χ1n) is 5.22. The van der Waals surface area contributed by atoms with Crippen molar-refractivity contribution in [3.63, 3.8) is 0 Å². The summed E-state index contributed by atoms with van der Waals surface area (Å²) in [6.07, 6.45) is 5.12. The summed E-state index contributed by atoms with van der Waals surface area (Å²) in [6.45, 7) is 7.59. The molecule has 0 saturated heterocycles. The smallest absolute Gasteiger partial charge is 0.00231 e. The van der Waals surface area contributed by atoms with Crippen LogP contribution in [0.5, 0.6) is 0 Å². The van der Waals surface area contributed by atoms with Crippen molar-refractivity contribution < 1.29 is 0 Å². The lowest BCUT2D eigenvalue weighted by Gasteiger charge is -2.11. The van der Waals surface area contributed by atoms with E-state index >= 15 is 0 Å². The summed E-state index contributed by atoms with van der Waals surface area (Å²) in [4.78, 5) is 0. The summed E-state index contributed by atoms with van der Waals surface area (Å²) in [5.74, 6) is 0.822. The second-order valence-corrected chi connectivity index (χ2v) is 3.59. The van der Waals surface area contributed by atoms with Gasteiger partial charge in [0.15, 0.2) is 0 Å². The van der Waals surface area contributed by atoms with E-state index in [-0.39, 0.29) is 0 Å². The van der Waals surface area contributed by atoms with Crippen molar-refractivity contribution in [1.82, 2.24) is 5.32 Å². The first-order valence-corrected chi connectivity index (χ1v) is 5.22. The van der Waals surface area contributed by atoms with Crippen molar-refractivity contribution in [3.8, 4) is 0 Å². The van der Waals surface area contributed by atoms with Crippen LogP contribution in [0.3, 0.4) is 0 Å². The van der Waals surface area contributed by atoms with Crippen LogP contribution in [0.25, 0.3) is 0 Å². The number of rotatable bonds is 8. The van der Waals surface area contributed by atoms with Gasteiger partial charge in [-0.25, -0.2) is 0 Å². The lowest BCUT2D eigenvalue weighted by atomic mass is 10.0. The average Bonchev–Trinajstić information content (AvgIpc) is 2.09. The highest BCUT2D eigenvalue weighted by Crippen LogP contribution is 2.05. The minimum Gasteiger partial charge on any atom is -0.330 e. The number of hydrogen-bond donors (Lipinski definition) is 2. The molecule has 74 valence electrons. The minimum atomic E-state index is 0.802. The molecule has 0 aromatic carbocycles. The van der Waals surface area contributed by atoms with Crippen molar-refractivity contribution in [1.29, 1.82) is 0 Å². The fraction of sp³-hybridized carbons (Fsp3) is 1.00. The molecule has 0 bridgehead atoms. The first-order chi connectivity index (χ1) is 5.81. The molecule has 0 saturated carbocycles. The molecule has 0 radical (unpaired) electrons. The fourth-order valence-corrected chi connectivity index (χ4v) is 1.23. The summed E-state index contributed by atoms with van der Waals surface area (Å²) >= 11 is 0. The maximum Gasteiger partial charge on any atom is -0.00231 e. The molecule has 0 aliphatic rings. The van der Waals surface area contributed by atoms with Crippen molar-refractivity contribution in [2.24, 2.45) is 11.7 Å². The molecule has 0 aromatic heterocycles. The molecule has 0 heterocycles. The third kappa shape index (κ3) is 8.02. The topological polar surface area (TPSA) is 38.0 Å². The second-order valence-electron chi connectivity index (χ2n) is 3.59. The van der Waals surface area contributed by atoms with Crippen LogP contribution in [0, 0.1) is 5.92 Å². The van der Waals surface area contributed by atoms with Crippen LogP contribution < -0.4 is 11.1 Å². The van der Waals surface area contributed by atoms with Crippen molar-refractivity contribution in [2.75, 3.05) is 19.6 Å². The number of nitrogens with two attached hydrogens (primary N) is 1. The minimum absolute atomic E-state index is 0.802. The van der Waals surface area contributed by atoms with Gasteiger partial charge in [-0.2, -0.15) is 0 Å². The molecule has 0 rings (SSSR count). The van der Waals surface area contributed by atoms with Gasteiger partial charge in [-0.3, -0.25) is 0 Å². The predicted molar refractivity (Wildman–Crippen MR) is 55.2 cm³/mol. The van der Waals surface area contributed by atoms with Crippen molar-refractivity contribution >= 4 is 0 Å². The molecule has 0 aliphatic carbocycles. The van der Waals surface area contributed by atoms with E-state index < -0.39 is 0 Å². The SMILES string of the molecule is CCCC[C@H](C)CNCCCN. The van der Waals surface area contributed by atoms with Gasteiger partial charge in [-0.05, 0) is 38.4 Å². The van der Waals surface area contributed by atoms with E-state index in [0.29, 0.717) is 0 Å². The zero-order valence-corrected chi connectivity index (χ0v) is 8.60. The van der Waals surface area contributed by atoms with Crippen LogP contribution in [0.1, 0.15) is 39.5 Å². The average molecular weight is 172 g/mol. The molecule has 0 fully saturated rings. The molecule has 0 amide bonds. The maximum atomic E-state index is 5.39. The molecule has 0 aliphatic heterocycles. The molecule has 0 aromatic rings. The first kappa shape index (κ1) is 11.9. The largest absolute Gasteiger partial charge is 0.330 e. The molecule has 0 spiro atoms. The van der Waals surface area contributed by atoms with E-state index in [4.69, 9.17) is 5.73 Å². The van der Waals surface area contributed by atoms with Gasteiger partial charge in [0, 0.05) is 0 Å². The number of hydrogen-bond acceptors (Lipinski definition) is 2. The predicted octanol–water partition coefficient (Wildman–Crippen LogP) is 1.75. The highest BCUT2D eigenvalue weighted by molar-refractivity contribution is 4.57. The Bertz CT molecular complexity index is 83.9. The third-order valence-corrected chi connectivity index (χ3v) is 2.10. The molecule has 12 heavy (non-hydrogen) atoms. The Hall–Kier alpha value is -0.0800. The summed E-state index contributed by atoms with van der Waals surface area (Å²) < 4.78 is 0. The van der Waals surface area contributed by atoms with Crippen LogP contribution in [-0.4, -0.2) is 19.6 Å². The Kier molecular flexibility index (Phi) is 8.95. The number of nitrogens with one attached hydrogen (secondary N) is 1. The Morgan fingerprint density at radius 3 is 2.67 bits per heavy atom. The van der Waals surface area contributed by atoms with Crippen LogP contribution >= 0.6 is 0 Å². The zero-order valence-electron chi connectivity index (χ0n) is 8.60. The zero-order chi connectivity index (χ0) is 9.23. The van der Waals surface area contributed by atoms with E-state index in [9.17, 15) is 0 Å². The molecule has 2 heteroatoms. The Balaban J connectivity index is 3.02. The molecule has 1 atom stereocenters. The van der Waals surface area contributed by atoms with Gasteiger partial charge in [0.1, 0.15) is 0 Å². The van der Waals surface area contributed by atoms with Gasteiger partial charge in [-0.15, -0.1) is 0 Å². The van der Waals surface area contributed by atoms with Gasteiger partial charge in [0.05, 0.1) is 0 Å². The van der Waals surface area contributed by atoms with Crippen LogP contribution in [0.4, 0.5) is 0 Å². The van der Waals surface area contributed by atoms with Crippen molar-refractivity contribution in [3.05, 3.63) is 0 Å². The van der Waals surface area contributed by atoms with E-state index in [1.807, 2.05) is 0 Å². The van der Waals surface area contributed by atoms with E-state index in [1.54, 1.807) is 0 Å². The van der Waals surface area contributed by atoms with Gasteiger partial charge in [0.25, 0.3) is 0 Å². The van der Waals surface area contributed by atoms with E-state index in [0.717, 1.165) is 32.0 Å².